The van der Waals surface area contributed by atoms with E-state index in [0.717, 1.165) is 0 Å². The van der Waals surface area contributed by atoms with Gasteiger partial charge in [-0.2, -0.15) is 0 Å². The number of hydrogen-bond donors (Lipinski definition) is 2. The molecule has 78 valence electrons. The molecule has 5 heteroatoms. The van der Waals surface area contributed by atoms with Crippen LogP contribution in [0.5, 0.6) is 11.5 Å². The zero-order valence-corrected chi connectivity index (χ0v) is 8.00. The molecule has 4 nitrogen and oxygen atoms in total. The van der Waals surface area contributed by atoms with Crippen LogP contribution in [0.3, 0.4) is 0 Å². The Labute approximate surface area is 81.2 Å². The number of methoxy groups -OCH3 is 2. The first kappa shape index (κ1) is 10.7. The van der Waals surface area contributed by atoms with Gasteiger partial charge in [0.05, 0.1) is 14.2 Å². The maximum Gasteiger partial charge on any atom is 0.197 e. The summed E-state index contributed by atoms with van der Waals surface area (Å²) in [5.74, 6) is -0.166. The van der Waals surface area contributed by atoms with E-state index in [2.05, 4.69) is 0 Å². The van der Waals surface area contributed by atoms with Crippen molar-refractivity contribution >= 4 is 0 Å². The molecule has 0 radical (unpaired) electrons. The summed E-state index contributed by atoms with van der Waals surface area (Å²) in [6, 6.07) is 3.09. The van der Waals surface area contributed by atoms with E-state index < -0.39 is 5.82 Å². The molecule has 0 aliphatic rings. The van der Waals surface area contributed by atoms with E-state index in [1.54, 1.807) is 6.07 Å². The van der Waals surface area contributed by atoms with Crippen molar-refractivity contribution in [2.45, 2.75) is 6.54 Å². The third-order valence-corrected chi connectivity index (χ3v) is 1.83. The molecule has 0 saturated heterocycles. The first-order valence-corrected chi connectivity index (χ1v) is 4.01. The van der Waals surface area contributed by atoms with Gasteiger partial charge in [0.2, 0.25) is 0 Å². The quantitative estimate of drug-likeness (QED) is 0.721. The van der Waals surface area contributed by atoms with Crippen LogP contribution in [0.2, 0.25) is 0 Å². The summed E-state index contributed by atoms with van der Waals surface area (Å²) in [7, 11) is 2.79. The minimum Gasteiger partial charge on any atom is -0.493 e. The second-order valence-electron chi connectivity index (χ2n) is 2.61. The molecule has 14 heavy (non-hydrogen) atoms. The number of halogens is 1. The molecule has 1 aromatic carbocycles. The van der Waals surface area contributed by atoms with Gasteiger partial charge in [-0.1, -0.05) is 6.07 Å². The van der Waals surface area contributed by atoms with Crippen LogP contribution >= 0.6 is 0 Å². The SMILES string of the molecule is COc1ccc(CNO)c(F)c1OC. The van der Waals surface area contributed by atoms with Gasteiger partial charge in [-0.05, 0) is 6.07 Å². The van der Waals surface area contributed by atoms with Crippen molar-refractivity contribution in [3.8, 4) is 11.5 Å². The molecule has 0 atom stereocenters. The molecule has 0 fully saturated rings. The third kappa shape index (κ3) is 1.94. The van der Waals surface area contributed by atoms with Crippen LogP contribution < -0.4 is 15.0 Å². The molecule has 0 spiro atoms. The molecular weight excluding hydrogens is 189 g/mol. The van der Waals surface area contributed by atoms with Gasteiger partial charge in [-0.25, -0.2) is 9.87 Å². The Balaban J connectivity index is 3.13. The van der Waals surface area contributed by atoms with Crippen LogP contribution in [0, 0.1) is 5.82 Å². The molecule has 1 aromatic rings. The second-order valence-corrected chi connectivity index (χ2v) is 2.61. The predicted molar refractivity (Wildman–Crippen MR) is 48.1 cm³/mol. The Hall–Kier alpha value is -1.33. The molecule has 0 aromatic heterocycles. The molecule has 0 amide bonds. The van der Waals surface area contributed by atoms with Crippen LogP contribution in [-0.2, 0) is 6.54 Å². The highest BCUT2D eigenvalue weighted by molar-refractivity contribution is 5.44. The lowest BCUT2D eigenvalue weighted by Crippen LogP contribution is -2.09. The fraction of sp³-hybridized carbons (Fsp3) is 0.333. The van der Waals surface area contributed by atoms with Crippen LogP contribution in [0.4, 0.5) is 4.39 Å². The zero-order chi connectivity index (χ0) is 10.6. The van der Waals surface area contributed by atoms with Crippen molar-refractivity contribution in [3.63, 3.8) is 0 Å². The number of hydroxylamine groups is 1. The Kier molecular flexibility index (Phi) is 3.67. The lowest BCUT2D eigenvalue weighted by atomic mass is 10.2. The summed E-state index contributed by atoms with van der Waals surface area (Å²) < 4.78 is 23.3. The lowest BCUT2D eigenvalue weighted by molar-refractivity contribution is 0.159. The van der Waals surface area contributed by atoms with Crippen LogP contribution in [-0.4, -0.2) is 19.4 Å². The first-order chi connectivity index (χ1) is 6.74. The van der Waals surface area contributed by atoms with E-state index in [1.165, 1.54) is 20.3 Å². The van der Waals surface area contributed by atoms with Gasteiger partial charge >= 0.3 is 0 Å². The van der Waals surface area contributed by atoms with Gasteiger partial charge in [0.25, 0.3) is 0 Å². The van der Waals surface area contributed by atoms with Crippen molar-refractivity contribution < 1.29 is 19.1 Å². The maximum atomic E-state index is 13.6. The van der Waals surface area contributed by atoms with Crippen molar-refractivity contribution in [3.05, 3.63) is 23.5 Å². The molecule has 2 N–H and O–H groups in total. The van der Waals surface area contributed by atoms with Gasteiger partial charge in [-0.15, -0.1) is 0 Å². The molecule has 0 aliphatic carbocycles. The van der Waals surface area contributed by atoms with Gasteiger partial charge in [0.1, 0.15) is 0 Å². The Morgan fingerprint density at radius 3 is 2.57 bits per heavy atom. The normalized spacial score (nSPS) is 10.0. The average molecular weight is 201 g/mol. The van der Waals surface area contributed by atoms with Gasteiger partial charge in [-0.3, -0.25) is 0 Å². The molecule has 0 bridgehead atoms. The number of rotatable bonds is 4. The molecule has 0 heterocycles. The summed E-state index contributed by atoms with van der Waals surface area (Å²) in [6.07, 6.45) is 0. The average Bonchev–Trinajstić information content (AvgIpc) is 2.21. The van der Waals surface area contributed by atoms with Crippen molar-refractivity contribution in [1.82, 2.24) is 5.48 Å². The Morgan fingerprint density at radius 2 is 2.07 bits per heavy atom. The standard InChI is InChI=1S/C9H12FNO3/c1-13-7-4-3-6(5-11-12)8(10)9(7)14-2/h3-4,11-12H,5H2,1-2H3. The lowest BCUT2D eigenvalue weighted by Gasteiger charge is -2.10. The van der Waals surface area contributed by atoms with Gasteiger partial charge in [0, 0.05) is 12.1 Å². The fourth-order valence-corrected chi connectivity index (χ4v) is 1.15. The number of hydrogen-bond acceptors (Lipinski definition) is 4. The molecule has 1 rings (SSSR count). The van der Waals surface area contributed by atoms with E-state index in [4.69, 9.17) is 14.7 Å². The van der Waals surface area contributed by atoms with Crippen LogP contribution in [0.15, 0.2) is 12.1 Å². The highest BCUT2D eigenvalue weighted by Crippen LogP contribution is 2.31. The molecule has 0 saturated carbocycles. The van der Waals surface area contributed by atoms with E-state index in [9.17, 15) is 4.39 Å². The fourth-order valence-electron chi connectivity index (χ4n) is 1.15. The summed E-state index contributed by atoms with van der Waals surface area (Å²) in [6.45, 7) is 0.0200. The zero-order valence-electron chi connectivity index (χ0n) is 8.00. The van der Waals surface area contributed by atoms with E-state index in [1.807, 2.05) is 5.48 Å². The molecule has 0 aliphatic heterocycles. The predicted octanol–water partition coefficient (Wildman–Crippen LogP) is 1.32. The van der Waals surface area contributed by atoms with E-state index in [-0.39, 0.29) is 12.3 Å². The van der Waals surface area contributed by atoms with Crippen molar-refractivity contribution in [2.75, 3.05) is 14.2 Å². The van der Waals surface area contributed by atoms with Gasteiger partial charge < -0.3 is 14.7 Å². The third-order valence-electron chi connectivity index (χ3n) is 1.83. The topological polar surface area (TPSA) is 50.7 Å². The van der Waals surface area contributed by atoms with Crippen molar-refractivity contribution in [2.24, 2.45) is 0 Å². The second kappa shape index (κ2) is 4.78. The monoisotopic (exact) mass is 201 g/mol. The largest absolute Gasteiger partial charge is 0.493 e. The van der Waals surface area contributed by atoms with Crippen molar-refractivity contribution in [1.29, 1.82) is 0 Å². The summed E-state index contributed by atoms with van der Waals surface area (Å²) in [5.41, 5.74) is 2.19. The van der Waals surface area contributed by atoms with Crippen LogP contribution in [0.1, 0.15) is 5.56 Å². The Bertz CT molecular complexity index is 317. The highest BCUT2D eigenvalue weighted by Gasteiger charge is 2.13. The summed E-state index contributed by atoms with van der Waals surface area (Å²) in [4.78, 5) is 0. The van der Waals surface area contributed by atoms with Crippen LogP contribution in [0.25, 0.3) is 0 Å². The smallest absolute Gasteiger partial charge is 0.197 e. The first-order valence-electron chi connectivity index (χ1n) is 4.01. The van der Waals surface area contributed by atoms with E-state index >= 15 is 0 Å². The summed E-state index contributed by atoms with van der Waals surface area (Å²) in [5, 5.41) is 8.45. The summed E-state index contributed by atoms with van der Waals surface area (Å²) >= 11 is 0. The number of benzene rings is 1. The highest BCUT2D eigenvalue weighted by atomic mass is 19.1. The molecule has 0 unspecified atom stereocenters. The Morgan fingerprint density at radius 1 is 1.36 bits per heavy atom. The molecular formula is C9H12FNO3. The minimum atomic E-state index is -0.534. The maximum absolute atomic E-state index is 13.6. The number of nitrogens with one attached hydrogen (secondary N) is 1. The number of ether oxygens (including phenoxy) is 2. The van der Waals surface area contributed by atoms with Gasteiger partial charge in [0.15, 0.2) is 17.3 Å². The minimum absolute atomic E-state index is 0.0200. The van der Waals surface area contributed by atoms with E-state index in [0.29, 0.717) is 11.3 Å².